The second-order valence-electron chi connectivity index (χ2n) is 4.59. The minimum absolute atomic E-state index is 0.195. The number of hydrogen-bond acceptors (Lipinski definition) is 1. The molecule has 2 heteroatoms. The minimum Gasteiger partial charge on any atom is -0.323 e. The van der Waals surface area contributed by atoms with Crippen LogP contribution in [0.3, 0.4) is 0 Å². The molecular weight excluding hydrogens is 234 g/mol. The highest BCUT2D eigenvalue weighted by atomic mass is 16.1. The minimum atomic E-state index is -0.195. The van der Waals surface area contributed by atoms with E-state index in [9.17, 15) is 4.79 Å². The van der Waals surface area contributed by atoms with Gasteiger partial charge in [-0.1, -0.05) is 42.5 Å². The van der Waals surface area contributed by atoms with Crippen molar-refractivity contribution >= 4 is 11.6 Å². The van der Waals surface area contributed by atoms with Crippen LogP contribution in [0.1, 0.15) is 11.1 Å². The number of carbonyl (C=O) groups excluding carboxylic acids is 1. The normalized spacial score (nSPS) is 10.0. The van der Waals surface area contributed by atoms with Crippen LogP contribution in [-0.4, -0.2) is 5.91 Å². The van der Waals surface area contributed by atoms with E-state index in [0.29, 0.717) is 0 Å². The maximum absolute atomic E-state index is 11.3. The van der Waals surface area contributed by atoms with Gasteiger partial charge in [0.05, 0.1) is 0 Å². The van der Waals surface area contributed by atoms with Gasteiger partial charge in [0.25, 0.3) is 0 Å². The number of benzene rings is 2. The summed E-state index contributed by atoms with van der Waals surface area (Å²) in [5, 5.41) is 2.79. The van der Waals surface area contributed by atoms with Gasteiger partial charge in [-0.05, 0) is 48.7 Å². The summed E-state index contributed by atoms with van der Waals surface area (Å²) in [5.41, 5.74) is 5.48. The van der Waals surface area contributed by atoms with Crippen LogP contribution in [0.5, 0.6) is 0 Å². The second-order valence-corrected chi connectivity index (χ2v) is 4.59. The molecule has 0 heterocycles. The zero-order valence-corrected chi connectivity index (χ0v) is 11.2. The lowest BCUT2D eigenvalue weighted by molar-refractivity contribution is -0.111. The molecule has 2 rings (SSSR count). The molecule has 1 amide bonds. The van der Waals surface area contributed by atoms with Crippen LogP contribution < -0.4 is 5.32 Å². The molecule has 0 saturated carbocycles. The Hall–Kier alpha value is -2.35. The monoisotopic (exact) mass is 251 g/mol. The lowest BCUT2D eigenvalue weighted by Gasteiger charge is -2.10. The summed E-state index contributed by atoms with van der Waals surface area (Å²) < 4.78 is 0. The van der Waals surface area contributed by atoms with Gasteiger partial charge >= 0.3 is 0 Å². The summed E-state index contributed by atoms with van der Waals surface area (Å²) in [6, 6.07) is 14.2. The molecule has 2 aromatic rings. The van der Waals surface area contributed by atoms with Gasteiger partial charge in [-0.25, -0.2) is 0 Å². The van der Waals surface area contributed by atoms with Crippen LogP contribution in [0.2, 0.25) is 0 Å². The molecule has 0 fully saturated rings. The first kappa shape index (κ1) is 13.1. The summed E-state index contributed by atoms with van der Waals surface area (Å²) in [6.07, 6.45) is 1.27. The molecule has 0 spiro atoms. The van der Waals surface area contributed by atoms with Crippen LogP contribution >= 0.6 is 0 Å². The number of anilines is 1. The number of carbonyl (C=O) groups is 1. The standard InChI is InChI=1S/C17H17NO/c1-4-17(19)18-15-9-8-13(3)16(11-15)14-7-5-6-12(2)10-14/h4-11H,1H2,2-3H3,(H,18,19). The SMILES string of the molecule is C=CC(=O)Nc1ccc(C)c(-c2cccc(C)c2)c1. The van der Waals surface area contributed by atoms with Crippen molar-refractivity contribution in [3.05, 3.63) is 66.2 Å². The molecule has 0 unspecified atom stereocenters. The summed E-state index contributed by atoms with van der Waals surface area (Å²) >= 11 is 0. The maximum atomic E-state index is 11.3. The zero-order chi connectivity index (χ0) is 13.8. The lowest BCUT2D eigenvalue weighted by atomic mass is 9.98. The molecule has 19 heavy (non-hydrogen) atoms. The van der Waals surface area contributed by atoms with Crippen LogP contribution in [0.15, 0.2) is 55.1 Å². The van der Waals surface area contributed by atoms with E-state index in [2.05, 4.69) is 43.9 Å². The van der Waals surface area contributed by atoms with Crippen LogP contribution in [-0.2, 0) is 4.79 Å². The molecule has 0 radical (unpaired) electrons. The van der Waals surface area contributed by atoms with Crippen molar-refractivity contribution in [1.82, 2.24) is 0 Å². The highest BCUT2D eigenvalue weighted by Crippen LogP contribution is 2.27. The molecular formula is C17H17NO. The number of rotatable bonds is 3. The Labute approximate surface area is 113 Å². The van der Waals surface area contributed by atoms with Crippen molar-refractivity contribution in [2.24, 2.45) is 0 Å². The first-order valence-electron chi connectivity index (χ1n) is 6.21. The highest BCUT2D eigenvalue weighted by molar-refractivity contribution is 5.99. The van der Waals surface area contributed by atoms with Crippen molar-refractivity contribution in [2.75, 3.05) is 5.32 Å². The molecule has 0 saturated heterocycles. The van der Waals surface area contributed by atoms with Crippen LogP contribution in [0, 0.1) is 13.8 Å². The third kappa shape index (κ3) is 3.10. The lowest BCUT2D eigenvalue weighted by Crippen LogP contribution is -2.07. The van der Waals surface area contributed by atoms with Gasteiger partial charge in [-0.2, -0.15) is 0 Å². The van der Waals surface area contributed by atoms with Crippen molar-refractivity contribution in [1.29, 1.82) is 0 Å². The van der Waals surface area contributed by atoms with Gasteiger partial charge in [0.15, 0.2) is 0 Å². The largest absolute Gasteiger partial charge is 0.323 e. The Bertz CT molecular complexity index is 629. The number of hydrogen-bond donors (Lipinski definition) is 1. The van der Waals surface area contributed by atoms with Crippen molar-refractivity contribution in [3.63, 3.8) is 0 Å². The van der Waals surface area contributed by atoms with Gasteiger partial charge in [-0.3, -0.25) is 4.79 Å². The molecule has 0 aromatic heterocycles. The van der Waals surface area contributed by atoms with E-state index < -0.39 is 0 Å². The average Bonchev–Trinajstić information content (AvgIpc) is 2.40. The molecule has 2 aromatic carbocycles. The van der Waals surface area contributed by atoms with E-state index in [1.165, 1.54) is 17.2 Å². The summed E-state index contributed by atoms with van der Waals surface area (Å²) in [6.45, 7) is 7.59. The fraction of sp³-hybridized carbons (Fsp3) is 0.118. The first-order chi connectivity index (χ1) is 9.10. The molecule has 0 aliphatic rings. The van der Waals surface area contributed by atoms with Crippen molar-refractivity contribution in [3.8, 4) is 11.1 Å². The molecule has 1 N–H and O–H groups in total. The molecule has 0 bridgehead atoms. The summed E-state index contributed by atoms with van der Waals surface area (Å²) in [7, 11) is 0. The smallest absolute Gasteiger partial charge is 0.247 e. The van der Waals surface area contributed by atoms with Gasteiger partial charge in [-0.15, -0.1) is 0 Å². The van der Waals surface area contributed by atoms with E-state index in [4.69, 9.17) is 0 Å². The Balaban J connectivity index is 2.42. The number of nitrogens with one attached hydrogen (secondary N) is 1. The third-order valence-corrected chi connectivity index (χ3v) is 3.02. The third-order valence-electron chi connectivity index (χ3n) is 3.02. The molecule has 96 valence electrons. The Morgan fingerprint density at radius 2 is 1.95 bits per heavy atom. The quantitative estimate of drug-likeness (QED) is 0.818. The number of amides is 1. The highest BCUT2D eigenvalue weighted by Gasteiger charge is 2.05. The van der Waals surface area contributed by atoms with Gasteiger partial charge in [0.2, 0.25) is 5.91 Å². The van der Waals surface area contributed by atoms with Gasteiger partial charge in [0.1, 0.15) is 0 Å². The van der Waals surface area contributed by atoms with Gasteiger partial charge in [0, 0.05) is 5.69 Å². The molecule has 0 atom stereocenters. The Morgan fingerprint density at radius 3 is 2.63 bits per heavy atom. The molecule has 0 aliphatic heterocycles. The number of aryl methyl sites for hydroxylation is 2. The Morgan fingerprint density at radius 1 is 1.16 bits per heavy atom. The molecule has 2 nitrogen and oxygen atoms in total. The van der Waals surface area contributed by atoms with Gasteiger partial charge < -0.3 is 5.32 Å². The fourth-order valence-electron chi connectivity index (χ4n) is 2.02. The summed E-state index contributed by atoms with van der Waals surface area (Å²) in [4.78, 5) is 11.3. The van der Waals surface area contributed by atoms with E-state index in [-0.39, 0.29) is 5.91 Å². The van der Waals surface area contributed by atoms with Crippen LogP contribution in [0.4, 0.5) is 5.69 Å². The first-order valence-corrected chi connectivity index (χ1v) is 6.21. The predicted molar refractivity (Wildman–Crippen MR) is 80.2 cm³/mol. The van der Waals surface area contributed by atoms with Crippen molar-refractivity contribution < 1.29 is 4.79 Å². The second kappa shape index (κ2) is 5.53. The van der Waals surface area contributed by atoms with Crippen LogP contribution in [0.25, 0.3) is 11.1 Å². The fourth-order valence-corrected chi connectivity index (χ4v) is 2.02. The van der Waals surface area contributed by atoms with E-state index in [1.807, 2.05) is 24.3 Å². The zero-order valence-electron chi connectivity index (χ0n) is 11.2. The topological polar surface area (TPSA) is 29.1 Å². The summed E-state index contributed by atoms with van der Waals surface area (Å²) in [5.74, 6) is -0.195. The average molecular weight is 251 g/mol. The van der Waals surface area contributed by atoms with Crippen molar-refractivity contribution in [2.45, 2.75) is 13.8 Å². The van der Waals surface area contributed by atoms with E-state index in [0.717, 1.165) is 16.8 Å². The van der Waals surface area contributed by atoms with E-state index in [1.54, 1.807) is 0 Å². The van der Waals surface area contributed by atoms with E-state index >= 15 is 0 Å². The Kier molecular flexibility index (Phi) is 3.81. The predicted octanol–water partition coefficient (Wildman–Crippen LogP) is 4.09. The maximum Gasteiger partial charge on any atom is 0.247 e. The molecule has 0 aliphatic carbocycles.